The van der Waals surface area contributed by atoms with Crippen molar-refractivity contribution in [3.63, 3.8) is 0 Å². The lowest BCUT2D eigenvalue weighted by Crippen LogP contribution is -2.42. The second kappa shape index (κ2) is 7.59. The number of halogens is 1. The van der Waals surface area contributed by atoms with Gasteiger partial charge >= 0.3 is 11.7 Å². The van der Waals surface area contributed by atoms with Gasteiger partial charge in [0.15, 0.2) is 0 Å². The Morgan fingerprint density at radius 3 is 2.71 bits per heavy atom. The van der Waals surface area contributed by atoms with E-state index in [9.17, 15) is 9.59 Å². The highest BCUT2D eigenvalue weighted by Gasteiger charge is 2.26. The van der Waals surface area contributed by atoms with Gasteiger partial charge in [-0.1, -0.05) is 23.7 Å². The molecule has 0 atom stereocenters. The first-order valence-electron chi connectivity index (χ1n) is 9.15. The largest absolute Gasteiger partial charge is 0.495 e. The Kier molecular flexibility index (Phi) is 5.00. The number of methoxy groups -OCH3 is 1. The van der Waals surface area contributed by atoms with Crippen LogP contribution >= 0.6 is 11.6 Å². The maximum Gasteiger partial charge on any atom is 0.326 e. The number of anilines is 1. The van der Waals surface area contributed by atoms with E-state index in [0.29, 0.717) is 42.4 Å². The fourth-order valence-electron chi connectivity index (χ4n) is 3.74. The van der Waals surface area contributed by atoms with Gasteiger partial charge in [-0.3, -0.25) is 4.57 Å². The molecule has 2 N–H and O–H groups in total. The van der Waals surface area contributed by atoms with E-state index in [1.807, 2.05) is 28.8 Å². The first-order valence-corrected chi connectivity index (χ1v) is 9.53. The minimum atomic E-state index is -0.203. The van der Waals surface area contributed by atoms with Gasteiger partial charge in [0.1, 0.15) is 5.75 Å². The number of likely N-dealkylation sites (tertiary alicyclic amines) is 1. The molecule has 146 valence electrons. The second-order valence-electron chi connectivity index (χ2n) is 6.81. The predicted molar refractivity (Wildman–Crippen MR) is 109 cm³/mol. The number of imidazole rings is 1. The van der Waals surface area contributed by atoms with Crippen molar-refractivity contribution in [3.05, 3.63) is 58.0 Å². The molecule has 0 spiro atoms. The average molecular weight is 401 g/mol. The monoisotopic (exact) mass is 400 g/mol. The number of carbonyl (C=O) groups excluding carboxylic acids is 1. The van der Waals surface area contributed by atoms with E-state index < -0.39 is 0 Å². The molecule has 28 heavy (non-hydrogen) atoms. The third-order valence-electron chi connectivity index (χ3n) is 5.14. The fourth-order valence-corrected chi connectivity index (χ4v) is 3.91. The van der Waals surface area contributed by atoms with Crippen LogP contribution in [0.1, 0.15) is 18.9 Å². The number of piperidine rings is 1. The average Bonchev–Trinajstić information content (AvgIpc) is 3.04. The minimum absolute atomic E-state index is 0.0633. The van der Waals surface area contributed by atoms with E-state index >= 15 is 0 Å². The lowest BCUT2D eigenvalue weighted by atomic mass is 10.0. The van der Waals surface area contributed by atoms with Crippen LogP contribution in [0, 0.1) is 0 Å². The Bertz CT molecular complexity index is 1070. The molecule has 7 nitrogen and oxygen atoms in total. The first-order chi connectivity index (χ1) is 13.6. The Morgan fingerprint density at radius 2 is 1.96 bits per heavy atom. The quantitative estimate of drug-likeness (QED) is 0.700. The number of aromatic nitrogens is 2. The van der Waals surface area contributed by atoms with Crippen molar-refractivity contribution >= 4 is 34.4 Å². The molecular weight excluding hydrogens is 380 g/mol. The zero-order valence-electron chi connectivity index (χ0n) is 15.4. The van der Waals surface area contributed by atoms with Crippen molar-refractivity contribution in [1.29, 1.82) is 0 Å². The van der Waals surface area contributed by atoms with E-state index in [1.54, 1.807) is 30.2 Å². The summed E-state index contributed by atoms with van der Waals surface area (Å²) in [5.74, 6) is 0.554. The molecule has 0 aliphatic carbocycles. The summed E-state index contributed by atoms with van der Waals surface area (Å²) < 4.78 is 7.09. The maximum absolute atomic E-state index is 12.7. The van der Waals surface area contributed by atoms with Crippen LogP contribution in [0.3, 0.4) is 0 Å². The molecule has 3 aromatic rings. The zero-order valence-corrected chi connectivity index (χ0v) is 16.2. The van der Waals surface area contributed by atoms with Gasteiger partial charge in [0, 0.05) is 24.2 Å². The topological polar surface area (TPSA) is 79.4 Å². The lowest BCUT2D eigenvalue weighted by Gasteiger charge is -2.32. The molecule has 2 aromatic carbocycles. The van der Waals surface area contributed by atoms with Gasteiger partial charge in [0.25, 0.3) is 0 Å². The molecule has 1 saturated heterocycles. The van der Waals surface area contributed by atoms with Gasteiger partial charge in [-0.2, -0.15) is 0 Å². The summed E-state index contributed by atoms with van der Waals surface area (Å²) >= 11 is 6.03. The maximum atomic E-state index is 12.7. The summed E-state index contributed by atoms with van der Waals surface area (Å²) in [6.07, 6.45) is 1.42. The number of urea groups is 1. The number of aromatic amines is 1. The Balaban J connectivity index is 1.45. The van der Waals surface area contributed by atoms with Crippen LogP contribution in [-0.4, -0.2) is 40.7 Å². The number of para-hydroxylation sites is 2. The number of hydrogen-bond donors (Lipinski definition) is 2. The molecular formula is C20H21ClN4O3. The number of benzene rings is 2. The molecule has 0 unspecified atom stereocenters. The summed E-state index contributed by atoms with van der Waals surface area (Å²) in [5, 5.41) is 3.39. The second-order valence-corrected chi connectivity index (χ2v) is 7.25. The van der Waals surface area contributed by atoms with Crippen LogP contribution in [0.15, 0.2) is 47.3 Å². The smallest absolute Gasteiger partial charge is 0.326 e. The Labute approximate surface area is 166 Å². The molecule has 2 heterocycles. The summed E-state index contributed by atoms with van der Waals surface area (Å²) in [7, 11) is 1.54. The number of amides is 2. The summed E-state index contributed by atoms with van der Waals surface area (Å²) in [6.45, 7) is 1.12. The Morgan fingerprint density at radius 1 is 1.21 bits per heavy atom. The summed E-state index contributed by atoms with van der Waals surface area (Å²) in [5.41, 5.74) is 2.17. The van der Waals surface area contributed by atoms with E-state index in [-0.39, 0.29) is 17.8 Å². The lowest BCUT2D eigenvalue weighted by molar-refractivity contribution is 0.184. The van der Waals surface area contributed by atoms with E-state index in [0.717, 1.165) is 11.0 Å². The van der Waals surface area contributed by atoms with Crippen LogP contribution in [0.2, 0.25) is 5.02 Å². The number of nitrogens with one attached hydrogen (secondary N) is 2. The van der Waals surface area contributed by atoms with Crippen LogP contribution in [0.5, 0.6) is 5.75 Å². The Hall–Kier alpha value is -2.93. The third kappa shape index (κ3) is 3.45. The van der Waals surface area contributed by atoms with Crippen molar-refractivity contribution in [2.45, 2.75) is 18.9 Å². The summed E-state index contributed by atoms with van der Waals surface area (Å²) in [6, 6.07) is 12.6. The van der Waals surface area contributed by atoms with Crippen molar-refractivity contribution in [2.24, 2.45) is 0 Å². The molecule has 8 heteroatoms. The molecule has 1 fully saturated rings. The fraction of sp³-hybridized carbons (Fsp3) is 0.300. The highest BCUT2D eigenvalue weighted by atomic mass is 35.5. The number of fused-ring (bicyclic) bond motifs is 1. The molecule has 0 bridgehead atoms. The van der Waals surface area contributed by atoms with E-state index in [2.05, 4.69) is 10.3 Å². The first kappa shape index (κ1) is 18.4. The SMILES string of the molecule is COc1ccc(Cl)cc1NC(=O)N1CCC(n2c(=O)[nH]c3ccccc32)CC1. The van der Waals surface area contributed by atoms with Gasteiger partial charge in [0.2, 0.25) is 0 Å². The molecule has 0 saturated carbocycles. The minimum Gasteiger partial charge on any atom is -0.495 e. The highest BCUT2D eigenvalue weighted by Crippen LogP contribution is 2.29. The van der Waals surface area contributed by atoms with E-state index in [1.165, 1.54) is 0 Å². The molecule has 1 aromatic heterocycles. The molecule has 4 rings (SSSR count). The van der Waals surface area contributed by atoms with Crippen LogP contribution in [0.4, 0.5) is 10.5 Å². The van der Waals surface area contributed by atoms with Gasteiger partial charge in [0.05, 0.1) is 23.8 Å². The molecule has 1 aliphatic heterocycles. The standard InChI is InChI=1S/C20H21ClN4O3/c1-28-18-7-6-13(21)12-16(18)23-19(26)24-10-8-14(9-11-24)25-17-5-3-2-4-15(17)22-20(25)27/h2-7,12,14H,8-11H2,1H3,(H,22,27)(H,23,26). The van der Waals surface area contributed by atoms with Crippen molar-refractivity contribution in [2.75, 3.05) is 25.5 Å². The summed E-state index contributed by atoms with van der Waals surface area (Å²) in [4.78, 5) is 29.7. The zero-order chi connectivity index (χ0) is 19.7. The number of nitrogens with zero attached hydrogens (tertiary/aromatic N) is 2. The normalized spacial score (nSPS) is 15.0. The number of carbonyl (C=O) groups is 1. The predicted octanol–water partition coefficient (Wildman–Crippen LogP) is 3.86. The van der Waals surface area contributed by atoms with Gasteiger partial charge in [-0.05, 0) is 43.2 Å². The molecule has 2 amide bonds. The van der Waals surface area contributed by atoms with Gasteiger partial charge in [-0.15, -0.1) is 0 Å². The number of H-pyrrole nitrogens is 1. The third-order valence-corrected chi connectivity index (χ3v) is 5.38. The molecule has 1 aliphatic rings. The van der Waals surface area contributed by atoms with Crippen molar-refractivity contribution < 1.29 is 9.53 Å². The van der Waals surface area contributed by atoms with Crippen molar-refractivity contribution in [1.82, 2.24) is 14.5 Å². The van der Waals surface area contributed by atoms with Gasteiger partial charge in [-0.25, -0.2) is 9.59 Å². The van der Waals surface area contributed by atoms with Crippen LogP contribution < -0.4 is 15.7 Å². The highest BCUT2D eigenvalue weighted by molar-refractivity contribution is 6.31. The van der Waals surface area contributed by atoms with Crippen molar-refractivity contribution in [3.8, 4) is 5.75 Å². The van der Waals surface area contributed by atoms with E-state index in [4.69, 9.17) is 16.3 Å². The number of rotatable bonds is 3. The number of ether oxygens (including phenoxy) is 1. The number of hydrogen-bond acceptors (Lipinski definition) is 3. The molecule has 0 radical (unpaired) electrons. The van der Waals surface area contributed by atoms with Crippen LogP contribution in [0.25, 0.3) is 11.0 Å². The van der Waals surface area contributed by atoms with Crippen LogP contribution in [-0.2, 0) is 0 Å². The van der Waals surface area contributed by atoms with Gasteiger partial charge < -0.3 is 19.9 Å².